The molecule has 0 radical (unpaired) electrons. The van der Waals surface area contributed by atoms with E-state index < -0.39 is 0 Å². The lowest BCUT2D eigenvalue weighted by molar-refractivity contribution is 0.160. The van der Waals surface area contributed by atoms with Crippen molar-refractivity contribution in [2.24, 2.45) is 0 Å². The Labute approximate surface area is 96.3 Å². The Morgan fingerprint density at radius 2 is 2.27 bits per heavy atom. The van der Waals surface area contributed by atoms with E-state index in [-0.39, 0.29) is 6.10 Å². The zero-order valence-corrected chi connectivity index (χ0v) is 9.80. The topological polar surface area (TPSA) is 32.3 Å². The smallest absolute Gasteiger partial charge is 0.0664 e. The number of hydrogen-bond acceptors (Lipinski definition) is 2. The van der Waals surface area contributed by atoms with Crippen LogP contribution in [0.1, 0.15) is 25.3 Å². The van der Waals surface area contributed by atoms with Crippen molar-refractivity contribution in [3.05, 3.63) is 34.9 Å². The number of halogens is 1. The molecule has 0 saturated carbocycles. The van der Waals surface area contributed by atoms with E-state index >= 15 is 0 Å². The van der Waals surface area contributed by atoms with Gasteiger partial charge in [0.05, 0.1) is 6.10 Å². The summed E-state index contributed by atoms with van der Waals surface area (Å²) in [5, 5.41) is 13.5. The first-order chi connectivity index (χ1) is 7.22. The predicted octanol–water partition coefficient (Wildman–Crippen LogP) is 2.59. The van der Waals surface area contributed by atoms with Crippen LogP contribution in [-0.2, 0) is 6.54 Å². The summed E-state index contributed by atoms with van der Waals surface area (Å²) in [6, 6.07) is 7.74. The second kappa shape index (κ2) is 6.83. The molecule has 1 aromatic carbocycles. The summed E-state index contributed by atoms with van der Waals surface area (Å²) in [4.78, 5) is 0. The molecule has 0 unspecified atom stereocenters. The highest BCUT2D eigenvalue weighted by molar-refractivity contribution is 6.30. The first-order valence-electron chi connectivity index (χ1n) is 5.35. The van der Waals surface area contributed by atoms with E-state index in [4.69, 9.17) is 11.6 Å². The average molecular weight is 228 g/mol. The molecule has 0 heterocycles. The quantitative estimate of drug-likeness (QED) is 0.783. The lowest BCUT2D eigenvalue weighted by atomic mass is 10.2. The molecule has 0 amide bonds. The molecule has 0 fully saturated rings. The Morgan fingerprint density at radius 3 is 2.93 bits per heavy atom. The van der Waals surface area contributed by atoms with Gasteiger partial charge in [-0.1, -0.05) is 37.1 Å². The summed E-state index contributed by atoms with van der Waals surface area (Å²) in [6.45, 7) is 3.46. The fourth-order valence-electron chi connectivity index (χ4n) is 1.47. The predicted molar refractivity (Wildman–Crippen MR) is 64.1 cm³/mol. The van der Waals surface area contributed by atoms with Crippen LogP contribution in [0.25, 0.3) is 0 Å². The molecule has 0 aliphatic rings. The van der Waals surface area contributed by atoms with Crippen molar-refractivity contribution < 1.29 is 5.11 Å². The van der Waals surface area contributed by atoms with Crippen molar-refractivity contribution in [3.8, 4) is 0 Å². The van der Waals surface area contributed by atoms with Gasteiger partial charge in [-0.2, -0.15) is 0 Å². The van der Waals surface area contributed by atoms with Gasteiger partial charge in [0.15, 0.2) is 0 Å². The highest BCUT2D eigenvalue weighted by Gasteiger charge is 2.01. The molecule has 0 spiro atoms. The SMILES string of the molecule is CCC[C@H](O)CNCc1cccc(Cl)c1. The standard InChI is InChI=1S/C12H18ClNO/c1-2-4-12(15)9-14-8-10-5-3-6-11(13)7-10/h3,5-7,12,14-15H,2,4,8-9H2,1H3/t12-/m0/s1. The molecule has 0 saturated heterocycles. The van der Waals surface area contributed by atoms with Gasteiger partial charge in [-0.3, -0.25) is 0 Å². The fourth-order valence-corrected chi connectivity index (χ4v) is 1.68. The number of hydrogen-bond donors (Lipinski definition) is 2. The summed E-state index contributed by atoms with van der Waals surface area (Å²) in [7, 11) is 0. The van der Waals surface area contributed by atoms with Gasteiger partial charge < -0.3 is 10.4 Å². The molecule has 1 aromatic rings. The minimum absolute atomic E-state index is 0.241. The Morgan fingerprint density at radius 1 is 1.47 bits per heavy atom. The first kappa shape index (κ1) is 12.5. The number of benzene rings is 1. The number of aliphatic hydroxyl groups is 1. The van der Waals surface area contributed by atoms with Crippen LogP contribution in [0.5, 0.6) is 0 Å². The summed E-state index contributed by atoms with van der Waals surface area (Å²) < 4.78 is 0. The van der Waals surface area contributed by atoms with E-state index in [0.29, 0.717) is 6.54 Å². The van der Waals surface area contributed by atoms with Crippen LogP contribution in [0.15, 0.2) is 24.3 Å². The highest BCUT2D eigenvalue weighted by Crippen LogP contribution is 2.10. The van der Waals surface area contributed by atoms with Crippen molar-refractivity contribution in [1.29, 1.82) is 0 Å². The molecule has 0 aromatic heterocycles. The second-order valence-electron chi connectivity index (χ2n) is 3.70. The van der Waals surface area contributed by atoms with Crippen molar-refractivity contribution in [1.82, 2.24) is 5.32 Å². The van der Waals surface area contributed by atoms with E-state index in [1.807, 2.05) is 24.3 Å². The van der Waals surface area contributed by atoms with Crippen molar-refractivity contribution in [2.75, 3.05) is 6.54 Å². The van der Waals surface area contributed by atoms with Crippen LogP contribution < -0.4 is 5.32 Å². The maximum absolute atomic E-state index is 9.49. The first-order valence-corrected chi connectivity index (χ1v) is 5.73. The molecule has 0 aliphatic heterocycles. The minimum atomic E-state index is -0.241. The van der Waals surface area contributed by atoms with Gasteiger partial charge in [-0.15, -0.1) is 0 Å². The molecule has 1 rings (SSSR count). The third-order valence-corrected chi connectivity index (χ3v) is 2.46. The number of aliphatic hydroxyl groups excluding tert-OH is 1. The van der Waals surface area contributed by atoms with Crippen molar-refractivity contribution in [2.45, 2.75) is 32.4 Å². The zero-order chi connectivity index (χ0) is 11.1. The molecular formula is C12H18ClNO. The Bertz CT molecular complexity index is 291. The number of nitrogens with one attached hydrogen (secondary N) is 1. The molecule has 3 heteroatoms. The van der Waals surface area contributed by atoms with E-state index in [1.54, 1.807) is 0 Å². The summed E-state index contributed by atoms with van der Waals surface area (Å²) >= 11 is 5.86. The molecule has 2 nitrogen and oxygen atoms in total. The largest absolute Gasteiger partial charge is 0.392 e. The van der Waals surface area contributed by atoms with Crippen LogP contribution >= 0.6 is 11.6 Å². The van der Waals surface area contributed by atoms with E-state index in [2.05, 4.69) is 12.2 Å². The molecule has 0 aliphatic carbocycles. The summed E-state index contributed by atoms with van der Waals surface area (Å²) in [5.41, 5.74) is 1.14. The van der Waals surface area contributed by atoms with Crippen LogP contribution in [0.4, 0.5) is 0 Å². The lowest BCUT2D eigenvalue weighted by Crippen LogP contribution is -2.26. The van der Waals surface area contributed by atoms with E-state index in [1.165, 1.54) is 0 Å². The van der Waals surface area contributed by atoms with E-state index in [0.717, 1.165) is 30.0 Å². The van der Waals surface area contributed by atoms with Crippen LogP contribution in [-0.4, -0.2) is 17.8 Å². The van der Waals surface area contributed by atoms with Gasteiger partial charge in [0.1, 0.15) is 0 Å². The Kier molecular flexibility index (Phi) is 5.69. The lowest BCUT2D eigenvalue weighted by Gasteiger charge is -2.10. The normalized spacial score (nSPS) is 12.7. The second-order valence-corrected chi connectivity index (χ2v) is 4.14. The van der Waals surface area contributed by atoms with Crippen LogP contribution in [0, 0.1) is 0 Å². The molecule has 84 valence electrons. The van der Waals surface area contributed by atoms with Gasteiger partial charge in [0, 0.05) is 18.1 Å². The summed E-state index contributed by atoms with van der Waals surface area (Å²) in [5.74, 6) is 0. The Hall–Kier alpha value is -0.570. The average Bonchev–Trinajstić information content (AvgIpc) is 2.18. The van der Waals surface area contributed by atoms with Gasteiger partial charge >= 0.3 is 0 Å². The van der Waals surface area contributed by atoms with Gasteiger partial charge in [-0.25, -0.2) is 0 Å². The summed E-state index contributed by atoms with van der Waals surface area (Å²) in [6.07, 6.45) is 1.62. The van der Waals surface area contributed by atoms with Crippen LogP contribution in [0.3, 0.4) is 0 Å². The van der Waals surface area contributed by atoms with Crippen molar-refractivity contribution in [3.63, 3.8) is 0 Å². The third-order valence-electron chi connectivity index (χ3n) is 2.22. The fraction of sp³-hybridized carbons (Fsp3) is 0.500. The van der Waals surface area contributed by atoms with Gasteiger partial charge in [-0.05, 0) is 24.1 Å². The molecular weight excluding hydrogens is 210 g/mol. The van der Waals surface area contributed by atoms with Gasteiger partial charge in [0.2, 0.25) is 0 Å². The van der Waals surface area contributed by atoms with Gasteiger partial charge in [0.25, 0.3) is 0 Å². The zero-order valence-electron chi connectivity index (χ0n) is 9.04. The van der Waals surface area contributed by atoms with E-state index in [9.17, 15) is 5.11 Å². The van der Waals surface area contributed by atoms with Crippen LogP contribution in [0.2, 0.25) is 5.02 Å². The molecule has 15 heavy (non-hydrogen) atoms. The maximum Gasteiger partial charge on any atom is 0.0664 e. The monoisotopic (exact) mass is 227 g/mol. The molecule has 0 bridgehead atoms. The highest BCUT2D eigenvalue weighted by atomic mass is 35.5. The molecule has 1 atom stereocenters. The maximum atomic E-state index is 9.49. The minimum Gasteiger partial charge on any atom is -0.392 e. The van der Waals surface area contributed by atoms with Crippen molar-refractivity contribution >= 4 is 11.6 Å². The third kappa shape index (κ3) is 5.17. The number of rotatable bonds is 6. The molecule has 2 N–H and O–H groups in total. The Balaban J connectivity index is 2.25.